The molecule has 0 aliphatic rings. The standard InChI is InChI=1S/C11H22F3NO/c1-3-7-15-9-10(4-2)16-8-5-6-11(12,13)14/h10,15H,3-9H2,1-2H3. The Balaban J connectivity index is 3.47. The van der Waals surface area contributed by atoms with Crippen molar-refractivity contribution in [1.29, 1.82) is 0 Å². The van der Waals surface area contributed by atoms with Gasteiger partial charge in [0.25, 0.3) is 0 Å². The highest BCUT2D eigenvalue weighted by Crippen LogP contribution is 2.21. The van der Waals surface area contributed by atoms with Gasteiger partial charge < -0.3 is 10.1 Å². The Kier molecular flexibility index (Phi) is 8.66. The van der Waals surface area contributed by atoms with Crippen molar-refractivity contribution in [2.75, 3.05) is 19.7 Å². The van der Waals surface area contributed by atoms with Crippen molar-refractivity contribution in [1.82, 2.24) is 5.32 Å². The van der Waals surface area contributed by atoms with Gasteiger partial charge in [0.15, 0.2) is 0 Å². The highest BCUT2D eigenvalue weighted by molar-refractivity contribution is 4.60. The molecule has 0 radical (unpaired) electrons. The molecule has 0 fully saturated rings. The number of alkyl halides is 3. The average Bonchev–Trinajstić information content (AvgIpc) is 2.20. The van der Waals surface area contributed by atoms with E-state index in [1.165, 1.54) is 0 Å². The van der Waals surface area contributed by atoms with Crippen molar-refractivity contribution < 1.29 is 17.9 Å². The van der Waals surface area contributed by atoms with Crippen LogP contribution in [0.2, 0.25) is 0 Å². The lowest BCUT2D eigenvalue weighted by Gasteiger charge is -2.17. The molecule has 0 rings (SSSR count). The SMILES string of the molecule is CCCNCC(CC)OCCCC(F)(F)F. The molecule has 2 nitrogen and oxygen atoms in total. The molecule has 0 aliphatic carbocycles. The Bertz CT molecular complexity index is 162. The third kappa shape index (κ3) is 10.2. The molecule has 98 valence electrons. The van der Waals surface area contributed by atoms with E-state index in [2.05, 4.69) is 12.2 Å². The lowest BCUT2D eigenvalue weighted by Crippen LogP contribution is -2.29. The third-order valence-electron chi connectivity index (χ3n) is 2.21. The summed E-state index contributed by atoms with van der Waals surface area (Å²) in [4.78, 5) is 0. The van der Waals surface area contributed by atoms with Gasteiger partial charge in [0.2, 0.25) is 0 Å². The molecular formula is C11H22F3NO. The second kappa shape index (κ2) is 8.82. The van der Waals surface area contributed by atoms with Gasteiger partial charge in [-0.25, -0.2) is 0 Å². The van der Waals surface area contributed by atoms with E-state index in [0.29, 0.717) is 0 Å². The van der Waals surface area contributed by atoms with E-state index < -0.39 is 12.6 Å². The zero-order valence-corrected chi connectivity index (χ0v) is 10.1. The minimum atomic E-state index is -4.06. The quantitative estimate of drug-likeness (QED) is 0.626. The molecule has 1 N–H and O–H groups in total. The van der Waals surface area contributed by atoms with Crippen molar-refractivity contribution in [2.45, 2.75) is 51.8 Å². The number of rotatable bonds is 9. The zero-order chi connectivity index (χ0) is 12.4. The van der Waals surface area contributed by atoms with Gasteiger partial charge in [-0.2, -0.15) is 13.2 Å². The van der Waals surface area contributed by atoms with Gasteiger partial charge in [0.05, 0.1) is 6.10 Å². The molecule has 5 heteroatoms. The molecule has 0 aromatic rings. The van der Waals surface area contributed by atoms with Gasteiger partial charge in [0, 0.05) is 19.6 Å². The topological polar surface area (TPSA) is 21.3 Å². The van der Waals surface area contributed by atoms with Gasteiger partial charge in [0.1, 0.15) is 0 Å². The summed E-state index contributed by atoms with van der Waals surface area (Å²) in [6.45, 7) is 5.87. The van der Waals surface area contributed by atoms with Crippen molar-refractivity contribution in [3.63, 3.8) is 0 Å². The van der Waals surface area contributed by atoms with E-state index in [9.17, 15) is 13.2 Å². The normalized spacial score (nSPS) is 14.1. The number of ether oxygens (including phenoxy) is 1. The van der Waals surface area contributed by atoms with Crippen molar-refractivity contribution >= 4 is 0 Å². The maximum absolute atomic E-state index is 11.8. The molecular weight excluding hydrogens is 219 g/mol. The first kappa shape index (κ1) is 15.7. The van der Waals surface area contributed by atoms with Crippen LogP contribution in [0.3, 0.4) is 0 Å². The molecule has 1 atom stereocenters. The Hall–Kier alpha value is -0.290. The van der Waals surface area contributed by atoms with E-state index >= 15 is 0 Å². The first-order chi connectivity index (χ1) is 7.49. The highest BCUT2D eigenvalue weighted by Gasteiger charge is 2.26. The van der Waals surface area contributed by atoms with Crippen LogP contribution >= 0.6 is 0 Å². The highest BCUT2D eigenvalue weighted by atomic mass is 19.4. The molecule has 0 heterocycles. The smallest absolute Gasteiger partial charge is 0.377 e. The summed E-state index contributed by atoms with van der Waals surface area (Å²) < 4.78 is 40.9. The predicted molar refractivity (Wildman–Crippen MR) is 58.5 cm³/mol. The van der Waals surface area contributed by atoms with Crippen molar-refractivity contribution in [2.24, 2.45) is 0 Å². The van der Waals surface area contributed by atoms with Gasteiger partial charge in [-0.3, -0.25) is 0 Å². The van der Waals surface area contributed by atoms with Crippen LogP contribution in [-0.2, 0) is 4.74 Å². The number of halogens is 3. The van der Waals surface area contributed by atoms with Gasteiger partial charge >= 0.3 is 6.18 Å². The van der Waals surface area contributed by atoms with E-state index in [1.54, 1.807) is 0 Å². The third-order valence-corrected chi connectivity index (χ3v) is 2.21. The first-order valence-electron chi connectivity index (χ1n) is 5.88. The molecule has 0 aromatic heterocycles. The maximum Gasteiger partial charge on any atom is 0.389 e. The molecule has 0 amide bonds. The molecule has 0 spiro atoms. The molecule has 0 aromatic carbocycles. The average molecular weight is 241 g/mol. The van der Waals surface area contributed by atoms with E-state index in [4.69, 9.17) is 4.74 Å². The summed E-state index contributed by atoms with van der Waals surface area (Å²) >= 11 is 0. The van der Waals surface area contributed by atoms with E-state index in [1.807, 2.05) is 6.92 Å². The van der Waals surface area contributed by atoms with Crippen LogP contribution in [0.4, 0.5) is 13.2 Å². The zero-order valence-electron chi connectivity index (χ0n) is 10.1. The Labute approximate surface area is 95.5 Å². The second-order valence-electron chi connectivity index (χ2n) is 3.82. The van der Waals surface area contributed by atoms with Crippen LogP contribution in [0.5, 0.6) is 0 Å². The second-order valence-corrected chi connectivity index (χ2v) is 3.82. The molecule has 1 unspecified atom stereocenters. The predicted octanol–water partition coefficient (Wildman–Crippen LogP) is 3.12. The fraction of sp³-hybridized carbons (Fsp3) is 1.00. The van der Waals surface area contributed by atoms with Crippen LogP contribution in [-0.4, -0.2) is 32.0 Å². The Morgan fingerprint density at radius 1 is 1.25 bits per heavy atom. The summed E-state index contributed by atoms with van der Waals surface area (Å²) in [7, 11) is 0. The van der Waals surface area contributed by atoms with Gasteiger partial charge in [-0.15, -0.1) is 0 Å². The van der Waals surface area contributed by atoms with Crippen LogP contribution < -0.4 is 5.32 Å². The summed E-state index contributed by atoms with van der Waals surface area (Å²) in [6.07, 6.45) is -2.88. The largest absolute Gasteiger partial charge is 0.389 e. The number of nitrogens with one attached hydrogen (secondary N) is 1. The maximum atomic E-state index is 11.8. The molecule has 0 bridgehead atoms. The summed E-state index contributed by atoms with van der Waals surface area (Å²) in [5.74, 6) is 0. The summed E-state index contributed by atoms with van der Waals surface area (Å²) in [5, 5.41) is 3.20. The molecule has 0 saturated carbocycles. The number of hydrogen-bond acceptors (Lipinski definition) is 2. The Morgan fingerprint density at radius 3 is 2.44 bits per heavy atom. The molecule has 0 aliphatic heterocycles. The Morgan fingerprint density at radius 2 is 1.94 bits per heavy atom. The minimum absolute atomic E-state index is 0.0276. The molecule has 16 heavy (non-hydrogen) atoms. The van der Waals surface area contributed by atoms with Gasteiger partial charge in [-0.1, -0.05) is 13.8 Å². The van der Waals surface area contributed by atoms with Crippen LogP contribution in [0.1, 0.15) is 39.5 Å². The fourth-order valence-electron chi connectivity index (χ4n) is 1.28. The molecule has 0 saturated heterocycles. The fourth-order valence-corrected chi connectivity index (χ4v) is 1.28. The van der Waals surface area contributed by atoms with E-state index in [0.717, 1.165) is 25.9 Å². The van der Waals surface area contributed by atoms with Crippen LogP contribution in [0.25, 0.3) is 0 Å². The van der Waals surface area contributed by atoms with Crippen LogP contribution in [0.15, 0.2) is 0 Å². The lowest BCUT2D eigenvalue weighted by atomic mass is 10.2. The lowest BCUT2D eigenvalue weighted by molar-refractivity contribution is -0.138. The number of hydrogen-bond donors (Lipinski definition) is 1. The van der Waals surface area contributed by atoms with Gasteiger partial charge in [-0.05, 0) is 25.8 Å². The monoisotopic (exact) mass is 241 g/mol. The summed E-state index contributed by atoms with van der Waals surface area (Å²) in [5.41, 5.74) is 0. The first-order valence-corrected chi connectivity index (χ1v) is 5.88. The summed E-state index contributed by atoms with van der Waals surface area (Å²) in [6, 6.07) is 0. The minimum Gasteiger partial charge on any atom is -0.377 e. The van der Waals surface area contributed by atoms with Crippen LogP contribution in [0, 0.1) is 0 Å². The van der Waals surface area contributed by atoms with E-state index in [-0.39, 0.29) is 19.1 Å². The van der Waals surface area contributed by atoms with Crippen molar-refractivity contribution in [3.05, 3.63) is 0 Å². The van der Waals surface area contributed by atoms with Crippen molar-refractivity contribution in [3.8, 4) is 0 Å².